The molecule has 1 fully saturated rings. The average molecular weight is 589 g/mol. The molecule has 2 aromatic heterocycles. The van der Waals surface area contributed by atoms with E-state index < -0.39 is 28.9 Å². The predicted octanol–water partition coefficient (Wildman–Crippen LogP) is 6.10. The summed E-state index contributed by atoms with van der Waals surface area (Å²) in [5.74, 6) is -2.52. The maximum absolute atomic E-state index is 15.0. The number of carbonyl (C=O) groups is 2. The van der Waals surface area contributed by atoms with Crippen molar-refractivity contribution in [2.24, 2.45) is 0 Å². The summed E-state index contributed by atoms with van der Waals surface area (Å²) in [5, 5.41) is 12.8. The van der Waals surface area contributed by atoms with Crippen molar-refractivity contribution < 1.29 is 23.8 Å². The zero-order valence-electron chi connectivity index (χ0n) is 22.3. The molecule has 1 saturated carbocycles. The first-order chi connectivity index (χ1) is 19.1. The van der Waals surface area contributed by atoms with Crippen LogP contribution in [-0.4, -0.2) is 64.6 Å². The molecule has 0 bridgehead atoms. The smallest absolute Gasteiger partial charge is 0.329 e. The lowest BCUT2D eigenvalue weighted by Crippen LogP contribution is -2.55. The quantitative estimate of drug-likeness (QED) is 0.275. The molecule has 1 amide bonds. The lowest BCUT2D eigenvalue weighted by atomic mass is 9.81. The van der Waals surface area contributed by atoms with Gasteiger partial charge in [-0.15, -0.1) is 0 Å². The standard InChI is InChI=1S/C29H31Cl2FN4O4/c1-36(2)14-7-15-40-23-16-18(9-10-20(23)30)24-19(8-6-13-33-24)25-21(31)17-22(32)26(34-25)27(37)35-29(28(38)39)11-4-3-5-12-29/h6,8-10,13,16-17H,3-5,7,11-12,14-15H2,1-2H3,(H,35,37)(H,38,39). The molecule has 11 heteroatoms. The summed E-state index contributed by atoms with van der Waals surface area (Å²) in [5.41, 5.74) is -0.293. The molecular weight excluding hydrogens is 558 g/mol. The second kappa shape index (κ2) is 12.9. The number of carbonyl (C=O) groups excluding carboxylic acids is 1. The van der Waals surface area contributed by atoms with Gasteiger partial charge >= 0.3 is 5.97 Å². The Morgan fingerprint density at radius 3 is 2.55 bits per heavy atom. The monoisotopic (exact) mass is 588 g/mol. The summed E-state index contributed by atoms with van der Waals surface area (Å²) >= 11 is 12.8. The maximum atomic E-state index is 15.0. The van der Waals surface area contributed by atoms with Crippen molar-refractivity contribution in [2.45, 2.75) is 44.1 Å². The Morgan fingerprint density at radius 2 is 1.85 bits per heavy atom. The van der Waals surface area contributed by atoms with E-state index in [2.05, 4.69) is 20.2 Å². The van der Waals surface area contributed by atoms with Crippen LogP contribution >= 0.6 is 23.2 Å². The van der Waals surface area contributed by atoms with E-state index in [0.29, 0.717) is 47.0 Å². The highest BCUT2D eigenvalue weighted by Crippen LogP contribution is 2.37. The zero-order chi connectivity index (χ0) is 28.9. The third kappa shape index (κ3) is 6.71. The first-order valence-corrected chi connectivity index (χ1v) is 13.8. The molecule has 0 unspecified atom stereocenters. The van der Waals surface area contributed by atoms with E-state index in [1.54, 1.807) is 36.5 Å². The van der Waals surface area contributed by atoms with Crippen LogP contribution in [0.25, 0.3) is 22.5 Å². The molecule has 40 heavy (non-hydrogen) atoms. The van der Waals surface area contributed by atoms with Gasteiger partial charge in [0.1, 0.15) is 11.3 Å². The van der Waals surface area contributed by atoms with Gasteiger partial charge in [0.15, 0.2) is 11.5 Å². The highest BCUT2D eigenvalue weighted by atomic mass is 35.5. The van der Waals surface area contributed by atoms with Gasteiger partial charge in [-0.1, -0.05) is 48.5 Å². The molecule has 2 heterocycles. The van der Waals surface area contributed by atoms with Crippen LogP contribution in [0.5, 0.6) is 5.75 Å². The SMILES string of the molecule is CN(C)CCCOc1cc(-c2ncccc2-c2nc(C(=O)NC3(C(=O)O)CCCCC3)c(F)cc2Cl)ccc1Cl. The van der Waals surface area contributed by atoms with Crippen LogP contribution in [0.4, 0.5) is 4.39 Å². The van der Waals surface area contributed by atoms with Crippen LogP contribution in [0, 0.1) is 5.82 Å². The molecule has 0 atom stereocenters. The largest absolute Gasteiger partial charge is 0.492 e. The van der Waals surface area contributed by atoms with Crippen LogP contribution in [-0.2, 0) is 4.79 Å². The minimum Gasteiger partial charge on any atom is -0.492 e. The maximum Gasteiger partial charge on any atom is 0.329 e. The number of nitrogens with one attached hydrogen (secondary N) is 1. The van der Waals surface area contributed by atoms with Crippen LogP contribution in [0.1, 0.15) is 49.0 Å². The van der Waals surface area contributed by atoms with E-state index in [0.717, 1.165) is 25.5 Å². The zero-order valence-corrected chi connectivity index (χ0v) is 23.9. The summed E-state index contributed by atoms with van der Waals surface area (Å²) in [6.07, 6.45) is 5.10. The predicted molar refractivity (Wildman–Crippen MR) is 152 cm³/mol. The molecule has 0 saturated heterocycles. The topological polar surface area (TPSA) is 105 Å². The number of nitrogens with zero attached hydrogens (tertiary/aromatic N) is 3. The number of ether oxygens (including phenoxy) is 1. The van der Waals surface area contributed by atoms with Gasteiger partial charge in [-0.3, -0.25) is 9.78 Å². The first kappa shape index (κ1) is 29.7. The summed E-state index contributed by atoms with van der Waals surface area (Å²) < 4.78 is 20.9. The van der Waals surface area contributed by atoms with Gasteiger partial charge in [0.05, 0.1) is 28.0 Å². The van der Waals surface area contributed by atoms with Crippen molar-refractivity contribution in [3.63, 3.8) is 0 Å². The molecule has 212 valence electrons. The van der Waals surface area contributed by atoms with Crippen molar-refractivity contribution in [3.8, 4) is 28.3 Å². The molecule has 0 aliphatic heterocycles. The van der Waals surface area contributed by atoms with Crippen molar-refractivity contribution >= 4 is 35.1 Å². The summed E-state index contributed by atoms with van der Waals surface area (Å²) in [6, 6.07) is 9.62. The van der Waals surface area contributed by atoms with Crippen LogP contribution < -0.4 is 10.1 Å². The number of hydrogen-bond donors (Lipinski definition) is 2. The number of rotatable bonds is 10. The number of hydrogen-bond acceptors (Lipinski definition) is 6. The van der Waals surface area contributed by atoms with Crippen molar-refractivity contribution in [1.82, 2.24) is 20.2 Å². The molecule has 1 aliphatic carbocycles. The summed E-state index contributed by atoms with van der Waals surface area (Å²) in [6.45, 7) is 1.33. The molecule has 1 aromatic carbocycles. The fraction of sp³-hybridized carbons (Fsp3) is 0.379. The molecule has 0 spiro atoms. The van der Waals surface area contributed by atoms with Crippen molar-refractivity contribution in [2.75, 3.05) is 27.2 Å². The van der Waals surface area contributed by atoms with Gasteiger partial charge in [0.25, 0.3) is 5.91 Å². The Morgan fingerprint density at radius 1 is 1.10 bits per heavy atom. The fourth-order valence-electron chi connectivity index (χ4n) is 4.79. The third-order valence-corrected chi connectivity index (χ3v) is 7.49. The van der Waals surface area contributed by atoms with Crippen LogP contribution in [0.2, 0.25) is 10.0 Å². The number of pyridine rings is 2. The van der Waals surface area contributed by atoms with Crippen LogP contribution in [0.15, 0.2) is 42.6 Å². The van der Waals surface area contributed by atoms with Gasteiger partial charge in [-0.05, 0) is 63.7 Å². The molecule has 4 rings (SSSR count). The normalized spacial score (nSPS) is 14.7. The fourth-order valence-corrected chi connectivity index (χ4v) is 5.20. The molecule has 3 aromatic rings. The number of benzene rings is 1. The number of carboxylic acid groups (broad SMARTS) is 1. The highest BCUT2D eigenvalue weighted by Gasteiger charge is 2.41. The number of carboxylic acids is 1. The van der Waals surface area contributed by atoms with Crippen molar-refractivity contribution in [1.29, 1.82) is 0 Å². The second-order valence-electron chi connectivity index (χ2n) is 10.1. The summed E-state index contributed by atoms with van der Waals surface area (Å²) in [4.78, 5) is 36.1. The van der Waals surface area contributed by atoms with Gasteiger partial charge in [0, 0.05) is 23.9 Å². The van der Waals surface area contributed by atoms with Crippen LogP contribution in [0.3, 0.4) is 0 Å². The first-order valence-electron chi connectivity index (χ1n) is 13.1. The van der Waals surface area contributed by atoms with Crippen molar-refractivity contribution in [3.05, 3.63) is 64.2 Å². The van der Waals surface area contributed by atoms with Gasteiger partial charge in [-0.25, -0.2) is 14.2 Å². The molecule has 1 aliphatic rings. The van der Waals surface area contributed by atoms with E-state index in [1.807, 2.05) is 14.1 Å². The van der Waals surface area contributed by atoms with E-state index in [-0.39, 0.29) is 23.6 Å². The second-order valence-corrected chi connectivity index (χ2v) is 10.9. The lowest BCUT2D eigenvalue weighted by Gasteiger charge is -2.33. The lowest BCUT2D eigenvalue weighted by molar-refractivity contribution is -0.145. The minimum atomic E-state index is -1.46. The summed E-state index contributed by atoms with van der Waals surface area (Å²) in [7, 11) is 3.97. The Hall–Kier alpha value is -3.27. The molecule has 0 radical (unpaired) electrons. The Bertz CT molecular complexity index is 1400. The van der Waals surface area contributed by atoms with Gasteiger partial charge < -0.3 is 20.1 Å². The van der Waals surface area contributed by atoms with E-state index in [9.17, 15) is 19.1 Å². The molecule has 2 N–H and O–H groups in total. The minimum absolute atomic E-state index is 0.0250. The Labute approximate surface area is 242 Å². The highest BCUT2D eigenvalue weighted by molar-refractivity contribution is 6.33. The van der Waals surface area contributed by atoms with E-state index >= 15 is 0 Å². The number of halogens is 3. The Kier molecular flexibility index (Phi) is 9.60. The average Bonchev–Trinajstić information content (AvgIpc) is 2.92. The number of aromatic nitrogens is 2. The number of aliphatic carboxylic acids is 1. The molecule has 8 nitrogen and oxygen atoms in total. The van der Waals surface area contributed by atoms with Gasteiger partial charge in [0.2, 0.25) is 0 Å². The number of amides is 1. The van der Waals surface area contributed by atoms with E-state index in [4.69, 9.17) is 27.9 Å². The third-order valence-electron chi connectivity index (χ3n) is 6.89. The Balaban J connectivity index is 1.68. The van der Waals surface area contributed by atoms with Gasteiger partial charge in [-0.2, -0.15) is 0 Å². The molecular formula is C29H31Cl2FN4O4. The van der Waals surface area contributed by atoms with E-state index in [1.165, 1.54) is 0 Å².